The zero-order valence-electron chi connectivity index (χ0n) is 14.6. The van der Waals surface area contributed by atoms with Gasteiger partial charge in [0.2, 0.25) is 0 Å². The van der Waals surface area contributed by atoms with Gasteiger partial charge in [0, 0.05) is 16.7 Å². The molecule has 1 atom stereocenters. The molecule has 0 aliphatic rings. The number of hydrogen-bond donors (Lipinski definition) is 1. The van der Waals surface area contributed by atoms with Crippen molar-refractivity contribution in [3.05, 3.63) is 93.4 Å². The summed E-state index contributed by atoms with van der Waals surface area (Å²) in [5.41, 5.74) is 1.83. The number of thiophene rings is 1. The summed E-state index contributed by atoms with van der Waals surface area (Å²) in [6, 6.07) is 15.9. The molecule has 140 valence electrons. The van der Waals surface area contributed by atoms with Crippen LogP contribution in [0.5, 0.6) is 0 Å². The molecule has 0 saturated carbocycles. The maximum Gasteiger partial charge on any atom is 0.252 e. The first kappa shape index (κ1) is 19.3. The standard InChI is InChI=1S/C20H18FNO3S2/c1-27(24,25)13-14-4-6-16(7-5-14)20(23)22-19(18-3-2-12-26-18)15-8-10-17(21)11-9-15/h2-12,19H,13H2,1H3,(H,22,23). The van der Waals surface area contributed by atoms with Gasteiger partial charge in [0.25, 0.3) is 5.91 Å². The van der Waals surface area contributed by atoms with E-state index >= 15 is 0 Å². The Labute approximate surface area is 161 Å². The number of amides is 1. The molecule has 1 N–H and O–H groups in total. The Morgan fingerprint density at radius 2 is 1.74 bits per heavy atom. The third-order valence-electron chi connectivity index (χ3n) is 3.95. The first-order valence-electron chi connectivity index (χ1n) is 8.18. The van der Waals surface area contributed by atoms with Gasteiger partial charge < -0.3 is 5.32 Å². The molecule has 3 aromatic rings. The SMILES string of the molecule is CS(=O)(=O)Cc1ccc(C(=O)NC(c2ccc(F)cc2)c2cccs2)cc1. The lowest BCUT2D eigenvalue weighted by molar-refractivity contribution is 0.0943. The lowest BCUT2D eigenvalue weighted by Gasteiger charge is -2.18. The summed E-state index contributed by atoms with van der Waals surface area (Å²) in [4.78, 5) is 13.6. The minimum absolute atomic E-state index is 0.0672. The summed E-state index contributed by atoms with van der Waals surface area (Å²) in [5.74, 6) is -0.692. The summed E-state index contributed by atoms with van der Waals surface area (Å²) in [7, 11) is -3.13. The van der Waals surface area contributed by atoms with E-state index in [1.807, 2.05) is 17.5 Å². The quantitative estimate of drug-likeness (QED) is 0.678. The Hall–Kier alpha value is -2.51. The zero-order chi connectivity index (χ0) is 19.4. The maximum absolute atomic E-state index is 13.2. The summed E-state index contributed by atoms with van der Waals surface area (Å²) in [6.07, 6.45) is 1.17. The molecular weight excluding hydrogens is 385 g/mol. The molecule has 7 heteroatoms. The molecule has 0 saturated heterocycles. The Kier molecular flexibility index (Phi) is 5.72. The van der Waals surface area contributed by atoms with Crippen LogP contribution in [0.2, 0.25) is 0 Å². The number of nitrogens with one attached hydrogen (secondary N) is 1. The number of halogens is 1. The molecule has 1 heterocycles. The van der Waals surface area contributed by atoms with Gasteiger partial charge in [-0.15, -0.1) is 11.3 Å². The van der Waals surface area contributed by atoms with Gasteiger partial charge >= 0.3 is 0 Å². The van der Waals surface area contributed by atoms with Gasteiger partial charge in [-0.1, -0.05) is 30.3 Å². The van der Waals surface area contributed by atoms with Crippen molar-refractivity contribution >= 4 is 27.1 Å². The molecule has 1 amide bonds. The molecular formula is C20H18FNO3S2. The van der Waals surface area contributed by atoms with Crippen LogP contribution in [-0.4, -0.2) is 20.6 Å². The monoisotopic (exact) mass is 403 g/mol. The minimum Gasteiger partial charge on any atom is -0.340 e. The fourth-order valence-electron chi connectivity index (χ4n) is 2.70. The van der Waals surface area contributed by atoms with Gasteiger partial charge in [-0.3, -0.25) is 4.79 Å². The number of sulfone groups is 1. The van der Waals surface area contributed by atoms with Gasteiger partial charge in [0.1, 0.15) is 5.82 Å². The van der Waals surface area contributed by atoms with Crippen LogP contribution in [-0.2, 0) is 15.6 Å². The number of carbonyl (C=O) groups is 1. The molecule has 0 fully saturated rings. The van der Waals surface area contributed by atoms with Gasteiger partial charge in [-0.2, -0.15) is 0 Å². The average Bonchev–Trinajstić information content (AvgIpc) is 3.14. The molecule has 0 bridgehead atoms. The largest absolute Gasteiger partial charge is 0.340 e. The van der Waals surface area contributed by atoms with Crippen LogP contribution >= 0.6 is 11.3 Å². The summed E-state index contributed by atoms with van der Waals surface area (Å²) in [6.45, 7) is 0. The third-order valence-corrected chi connectivity index (χ3v) is 5.75. The molecule has 3 rings (SSSR count). The van der Waals surface area contributed by atoms with Crippen LogP contribution < -0.4 is 5.32 Å². The number of rotatable bonds is 6. The van der Waals surface area contributed by atoms with Crippen molar-refractivity contribution in [1.29, 1.82) is 0 Å². The van der Waals surface area contributed by atoms with E-state index in [2.05, 4.69) is 5.32 Å². The van der Waals surface area contributed by atoms with Crippen molar-refractivity contribution in [2.24, 2.45) is 0 Å². The fraction of sp³-hybridized carbons (Fsp3) is 0.150. The van der Waals surface area contributed by atoms with E-state index in [1.54, 1.807) is 36.4 Å². The highest BCUT2D eigenvalue weighted by atomic mass is 32.2. The van der Waals surface area contributed by atoms with Gasteiger partial charge in [-0.25, -0.2) is 12.8 Å². The predicted octanol–water partition coefficient (Wildman–Crippen LogP) is 3.95. The Morgan fingerprint density at radius 3 is 2.30 bits per heavy atom. The molecule has 1 aromatic heterocycles. The summed E-state index contributed by atoms with van der Waals surface area (Å²) in [5, 5.41) is 4.88. The number of benzene rings is 2. The molecule has 1 unspecified atom stereocenters. The topological polar surface area (TPSA) is 63.2 Å². The van der Waals surface area contributed by atoms with E-state index in [-0.39, 0.29) is 17.5 Å². The first-order valence-corrected chi connectivity index (χ1v) is 11.1. The average molecular weight is 404 g/mol. The zero-order valence-corrected chi connectivity index (χ0v) is 16.2. The highest BCUT2D eigenvalue weighted by molar-refractivity contribution is 7.89. The Balaban J connectivity index is 1.81. The number of carbonyl (C=O) groups excluding carboxylic acids is 1. The Bertz CT molecular complexity index is 1010. The van der Waals surface area contributed by atoms with Crippen molar-refractivity contribution < 1.29 is 17.6 Å². The van der Waals surface area contributed by atoms with Crippen LogP contribution in [0.15, 0.2) is 66.0 Å². The van der Waals surface area contributed by atoms with E-state index in [4.69, 9.17) is 0 Å². The van der Waals surface area contributed by atoms with E-state index in [0.29, 0.717) is 11.1 Å². The summed E-state index contributed by atoms with van der Waals surface area (Å²) < 4.78 is 36.0. The van der Waals surface area contributed by atoms with Crippen LogP contribution in [0.4, 0.5) is 4.39 Å². The van der Waals surface area contributed by atoms with E-state index in [9.17, 15) is 17.6 Å². The van der Waals surface area contributed by atoms with Crippen LogP contribution in [0.3, 0.4) is 0 Å². The van der Waals surface area contributed by atoms with Crippen molar-refractivity contribution in [3.63, 3.8) is 0 Å². The second-order valence-electron chi connectivity index (χ2n) is 6.24. The molecule has 0 aliphatic carbocycles. The smallest absolute Gasteiger partial charge is 0.252 e. The van der Waals surface area contributed by atoms with Gasteiger partial charge in [-0.05, 0) is 46.8 Å². The van der Waals surface area contributed by atoms with Crippen LogP contribution in [0, 0.1) is 5.82 Å². The lowest BCUT2D eigenvalue weighted by atomic mass is 10.0. The van der Waals surface area contributed by atoms with E-state index < -0.39 is 15.9 Å². The van der Waals surface area contributed by atoms with E-state index in [1.165, 1.54) is 29.7 Å². The van der Waals surface area contributed by atoms with Crippen molar-refractivity contribution in [1.82, 2.24) is 5.32 Å². The highest BCUT2D eigenvalue weighted by Crippen LogP contribution is 2.26. The van der Waals surface area contributed by atoms with Crippen molar-refractivity contribution in [3.8, 4) is 0 Å². The highest BCUT2D eigenvalue weighted by Gasteiger charge is 2.19. The lowest BCUT2D eigenvalue weighted by Crippen LogP contribution is -2.28. The molecule has 27 heavy (non-hydrogen) atoms. The second kappa shape index (κ2) is 8.02. The molecule has 0 spiro atoms. The van der Waals surface area contributed by atoms with Gasteiger partial charge in [0.15, 0.2) is 9.84 Å². The Morgan fingerprint density at radius 1 is 1.07 bits per heavy atom. The molecule has 0 radical (unpaired) electrons. The predicted molar refractivity (Wildman–Crippen MR) is 105 cm³/mol. The normalized spacial score (nSPS) is 12.5. The second-order valence-corrected chi connectivity index (χ2v) is 9.36. The van der Waals surface area contributed by atoms with E-state index in [0.717, 1.165) is 10.4 Å². The summed E-state index contributed by atoms with van der Waals surface area (Å²) >= 11 is 1.50. The van der Waals surface area contributed by atoms with Crippen molar-refractivity contribution in [2.75, 3.05) is 6.26 Å². The first-order chi connectivity index (χ1) is 12.8. The van der Waals surface area contributed by atoms with Crippen LogP contribution in [0.1, 0.15) is 32.4 Å². The maximum atomic E-state index is 13.2. The molecule has 4 nitrogen and oxygen atoms in total. The van der Waals surface area contributed by atoms with Crippen molar-refractivity contribution in [2.45, 2.75) is 11.8 Å². The third kappa shape index (κ3) is 5.24. The molecule has 2 aromatic carbocycles. The van der Waals surface area contributed by atoms with Gasteiger partial charge in [0.05, 0.1) is 11.8 Å². The fourth-order valence-corrected chi connectivity index (χ4v) is 4.30. The van der Waals surface area contributed by atoms with Crippen LogP contribution in [0.25, 0.3) is 0 Å². The number of hydrogen-bond acceptors (Lipinski definition) is 4. The minimum atomic E-state index is -3.13. The molecule has 0 aliphatic heterocycles.